The topological polar surface area (TPSA) is 67.4 Å². The zero-order chi connectivity index (χ0) is 22.4. The molecule has 2 aromatic rings. The molecule has 1 aliphatic carbocycles. The van der Waals surface area contributed by atoms with Gasteiger partial charge in [0.2, 0.25) is 0 Å². The lowest BCUT2D eigenvalue weighted by Crippen LogP contribution is -2.36. The van der Waals surface area contributed by atoms with Gasteiger partial charge in [-0.05, 0) is 67.1 Å². The Hall–Kier alpha value is -2.82. The molecule has 2 N–H and O–H groups in total. The first-order valence-corrected chi connectivity index (χ1v) is 11.2. The van der Waals surface area contributed by atoms with Crippen LogP contribution in [0, 0.1) is 0 Å². The van der Waals surface area contributed by atoms with E-state index in [9.17, 15) is 9.59 Å². The maximum absolute atomic E-state index is 12.5. The fourth-order valence-electron chi connectivity index (χ4n) is 3.76. The number of ether oxygens (including phenoxy) is 1. The molecule has 1 saturated carbocycles. The summed E-state index contributed by atoms with van der Waals surface area (Å²) in [5, 5.41) is 5.96. The average Bonchev–Trinajstić information content (AvgIpc) is 2.74. The highest BCUT2D eigenvalue weighted by Gasteiger charge is 2.18. The van der Waals surface area contributed by atoms with Crippen molar-refractivity contribution >= 4 is 17.5 Å². The van der Waals surface area contributed by atoms with Crippen LogP contribution in [0.25, 0.3) is 0 Å². The van der Waals surface area contributed by atoms with Gasteiger partial charge in [-0.25, -0.2) is 0 Å². The second kappa shape index (κ2) is 9.99. The van der Waals surface area contributed by atoms with Gasteiger partial charge in [0.1, 0.15) is 5.75 Å². The number of anilines is 1. The van der Waals surface area contributed by atoms with Gasteiger partial charge in [-0.2, -0.15) is 0 Å². The van der Waals surface area contributed by atoms with E-state index < -0.39 is 6.10 Å². The van der Waals surface area contributed by atoms with E-state index in [1.807, 2.05) is 24.3 Å². The number of carbonyl (C=O) groups excluding carboxylic acids is 2. The lowest BCUT2D eigenvalue weighted by Gasteiger charge is -2.22. The Morgan fingerprint density at radius 2 is 1.55 bits per heavy atom. The quantitative estimate of drug-likeness (QED) is 0.650. The first-order valence-electron chi connectivity index (χ1n) is 11.2. The maximum Gasteiger partial charge on any atom is 0.265 e. The molecular weight excluding hydrogens is 388 g/mol. The smallest absolute Gasteiger partial charge is 0.265 e. The van der Waals surface area contributed by atoms with Crippen LogP contribution < -0.4 is 15.4 Å². The summed E-state index contributed by atoms with van der Waals surface area (Å²) in [4.78, 5) is 24.9. The third kappa shape index (κ3) is 6.58. The summed E-state index contributed by atoms with van der Waals surface area (Å²) in [6.45, 7) is 8.19. The molecule has 5 nitrogen and oxygen atoms in total. The molecule has 5 heteroatoms. The van der Waals surface area contributed by atoms with Gasteiger partial charge < -0.3 is 15.4 Å². The monoisotopic (exact) mass is 422 g/mol. The molecule has 0 heterocycles. The summed E-state index contributed by atoms with van der Waals surface area (Å²) in [5.41, 5.74) is 2.52. The molecule has 3 rings (SSSR count). The summed E-state index contributed by atoms with van der Waals surface area (Å²) in [7, 11) is 0. The normalized spacial score (nSPS) is 15.7. The highest BCUT2D eigenvalue weighted by Crippen LogP contribution is 2.25. The number of hydrogen-bond acceptors (Lipinski definition) is 3. The van der Waals surface area contributed by atoms with Crippen LogP contribution >= 0.6 is 0 Å². The SMILES string of the molecule is CC(Oc1ccc(C(C)(C)C)cc1)C(=O)Nc1ccc(C(=O)NC2CCCCC2)cc1. The van der Waals surface area contributed by atoms with Gasteiger partial charge in [-0.3, -0.25) is 9.59 Å². The van der Waals surface area contributed by atoms with E-state index in [1.165, 1.54) is 24.8 Å². The zero-order valence-electron chi connectivity index (χ0n) is 19.0. The Bertz CT molecular complexity index is 876. The Morgan fingerprint density at radius 1 is 0.935 bits per heavy atom. The number of amides is 2. The van der Waals surface area contributed by atoms with Gasteiger partial charge >= 0.3 is 0 Å². The van der Waals surface area contributed by atoms with Crippen LogP contribution in [0.15, 0.2) is 48.5 Å². The number of benzene rings is 2. The van der Waals surface area contributed by atoms with Crippen LogP contribution in [0.1, 0.15) is 75.7 Å². The Morgan fingerprint density at radius 3 is 2.13 bits per heavy atom. The summed E-state index contributed by atoms with van der Waals surface area (Å²) < 4.78 is 5.79. The van der Waals surface area contributed by atoms with Crippen LogP contribution in [-0.4, -0.2) is 24.0 Å². The third-order valence-electron chi connectivity index (χ3n) is 5.76. The molecule has 0 spiro atoms. The van der Waals surface area contributed by atoms with Crippen LogP contribution in [0.3, 0.4) is 0 Å². The summed E-state index contributed by atoms with van der Waals surface area (Å²) >= 11 is 0. The molecule has 166 valence electrons. The average molecular weight is 423 g/mol. The fourth-order valence-corrected chi connectivity index (χ4v) is 3.76. The highest BCUT2D eigenvalue weighted by atomic mass is 16.5. The maximum atomic E-state index is 12.5. The van der Waals surface area contributed by atoms with Crippen molar-refractivity contribution in [3.8, 4) is 5.75 Å². The summed E-state index contributed by atoms with van der Waals surface area (Å²) in [6.07, 6.45) is 5.07. The Labute approximate surface area is 185 Å². The molecule has 1 aliphatic rings. The van der Waals surface area contributed by atoms with Crippen molar-refractivity contribution in [3.05, 3.63) is 59.7 Å². The number of carbonyl (C=O) groups is 2. The van der Waals surface area contributed by atoms with E-state index in [0.717, 1.165) is 12.8 Å². The molecule has 1 fully saturated rings. The van der Waals surface area contributed by atoms with Crippen LogP contribution in [-0.2, 0) is 10.2 Å². The summed E-state index contributed by atoms with van der Waals surface area (Å²) in [5.74, 6) is 0.366. The molecular formula is C26H34N2O3. The number of nitrogens with one attached hydrogen (secondary N) is 2. The number of hydrogen-bond donors (Lipinski definition) is 2. The zero-order valence-corrected chi connectivity index (χ0v) is 19.0. The molecule has 1 atom stereocenters. The van der Waals surface area contributed by atoms with Gasteiger partial charge in [0, 0.05) is 17.3 Å². The van der Waals surface area contributed by atoms with Gasteiger partial charge in [-0.15, -0.1) is 0 Å². The fraction of sp³-hybridized carbons (Fsp3) is 0.462. The third-order valence-corrected chi connectivity index (χ3v) is 5.76. The molecule has 0 bridgehead atoms. The van der Waals surface area contributed by atoms with Crippen molar-refractivity contribution in [2.75, 3.05) is 5.32 Å². The van der Waals surface area contributed by atoms with E-state index in [-0.39, 0.29) is 23.3 Å². The second-order valence-electron chi connectivity index (χ2n) is 9.41. The van der Waals surface area contributed by atoms with Crippen molar-refractivity contribution in [3.63, 3.8) is 0 Å². The first kappa shape index (κ1) is 22.9. The standard InChI is InChI=1S/C26H34N2O3/c1-18(31-23-16-12-20(13-17-23)26(2,3)4)24(29)27-22-14-10-19(11-15-22)25(30)28-21-8-6-5-7-9-21/h10-18,21H,5-9H2,1-4H3,(H,27,29)(H,28,30). The van der Waals surface area contributed by atoms with Crippen molar-refractivity contribution < 1.29 is 14.3 Å². The van der Waals surface area contributed by atoms with E-state index in [2.05, 4.69) is 31.4 Å². The second-order valence-corrected chi connectivity index (χ2v) is 9.41. The van der Waals surface area contributed by atoms with Crippen molar-refractivity contribution in [2.24, 2.45) is 0 Å². The van der Waals surface area contributed by atoms with Crippen LogP contribution in [0.4, 0.5) is 5.69 Å². The van der Waals surface area contributed by atoms with E-state index in [4.69, 9.17) is 4.74 Å². The molecule has 0 aliphatic heterocycles. The van der Waals surface area contributed by atoms with Crippen molar-refractivity contribution in [1.29, 1.82) is 0 Å². The van der Waals surface area contributed by atoms with E-state index in [1.54, 1.807) is 31.2 Å². The highest BCUT2D eigenvalue weighted by molar-refractivity contribution is 5.97. The Kier molecular flexibility index (Phi) is 7.37. The minimum atomic E-state index is -0.644. The molecule has 1 unspecified atom stereocenters. The lowest BCUT2D eigenvalue weighted by atomic mass is 9.87. The minimum absolute atomic E-state index is 0.0554. The number of rotatable bonds is 6. The predicted molar refractivity (Wildman–Crippen MR) is 125 cm³/mol. The van der Waals surface area contributed by atoms with E-state index in [0.29, 0.717) is 17.0 Å². The molecule has 2 amide bonds. The Balaban J connectivity index is 1.51. The van der Waals surface area contributed by atoms with Crippen LogP contribution in [0.2, 0.25) is 0 Å². The predicted octanol–water partition coefficient (Wildman–Crippen LogP) is 5.45. The van der Waals surface area contributed by atoms with Gasteiger partial charge in [-0.1, -0.05) is 52.2 Å². The van der Waals surface area contributed by atoms with Crippen LogP contribution in [0.5, 0.6) is 5.75 Å². The molecule has 0 aromatic heterocycles. The minimum Gasteiger partial charge on any atom is -0.481 e. The molecule has 2 aromatic carbocycles. The van der Waals surface area contributed by atoms with Crippen molar-refractivity contribution in [1.82, 2.24) is 5.32 Å². The van der Waals surface area contributed by atoms with E-state index >= 15 is 0 Å². The molecule has 0 radical (unpaired) electrons. The molecule has 31 heavy (non-hydrogen) atoms. The van der Waals surface area contributed by atoms with Gasteiger partial charge in [0.25, 0.3) is 11.8 Å². The van der Waals surface area contributed by atoms with Gasteiger partial charge in [0.15, 0.2) is 6.10 Å². The van der Waals surface area contributed by atoms with Gasteiger partial charge in [0.05, 0.1) is 0 Å². The summed E-state index contributed by atoms with van der Waals surface area (Å²) in [6, 6.07) is 15.1. The van der Waals surface area contributed by atoms with Crippen molar-refractivity contribution in [2.45, 2.75) is 77.4 Å². The lowest BCUT2D eigenvalue weighted by molar-refractivity contribution is -0.122. The largest absolute Gasteiger partial charge is 0.481 e. The first-order chi connectivity index (χ1) is 14.7. The molecule has 0 saturated heterocycles.